The van der Waals surface area contributed by atoms with Crippen LogP contribution >= 0.6 is 0 Å². The largest absolute Gasteiger partial charge is 0.273 e. The first-order valence-electron chi connectivity index (χ1n) is 7.01. The van der Waals surface area contributed by atoms with Crippen LogP contribution in [-0.4, -0.2) is 35.7 Å². The van der Waals surface area contributed by atoms with E-state index in [1.54, 1.807) is 11.1 Å². The first kappa shape index (κ1) is 13.5. The molecule has 108 valence electrons. The van der Waals surface area contributed by atoms with Crippen molar-refractivity contribution in [3.05, 3.63) is 35.6 Å². The number of hydrazine groups is 1. The molecular formula is C15H18F2N2O. The number of nitrogens with zero attached hydrogens (tertiary/aromatic N) is 2. The van der Waals surface area contributed by atoms with Gasteiger partial charge in [0.05, 0.1) is 11.5 Å². The molecular weight excluding hydrogens is 262 g/mol. The molecule has 1 aromatic rings. The molecule has 3 nitrogen and oxygen atoms in total. The normalized spacial score (nSPS) is 30.1. The van der Waals surface area contributed by atoms with Crippen LogP contribution in [0.4, 0.5) is 8.78 Å². The monoisotopic (exact) mass is 280 g/mol. The number of carbonyl (C=O) groups is 1. The molecule has 1 amide bonds. The molecule has 2 atom stereocenters. The molecule has 2 aliphatic heterocycles. The third kappa shape index (κ3) is 1.84. The fourth-order valence-corrected chi connectivity index (χ4v) is 3.26. The van der Waals surface area contributed by atoms with Gasteiger partial charge in [-0.15, -0.1) is 0 Å². The highest BCUT2D eigenvalue weighted by Crippen LogP contribution is 2.44. The van der Waals surface area contributed by atoms with Crippen molar-refractivity contribution in [1.29, 1.82) is 0 Å². The summed E-state index contributed by atoms with van der Waals surface area (Å²) in [5.41, 5.74) is -0.127. The predicted molar refractivity (Wildman–Crippen MR) is 70.9 cm³/mol. The molecule has 0 N–H and O–H groups in total. The Labute approximate surface area is 117 Å². The summed E-state index contributed by atoms with van der Waals surface area (Å²) < 4.78 is 26.7. The molecule has 2 heterocycles. The van der Waals surface area contributed by atoms with Gasteiger partial charge in [0.15, 0.2) is 0 Å². The predicted octanol–water partition coefficient (Wildman–Crippen LogP) is 2.70. The van der Waals surface area contributed by atoms with Gasteiger partial charge in [-0.05, 0) is 30.5 Å². The van der Waals surface area contributed by atoms with Crippen molar-refractivity contribution in [1.82, 2.24) is 10.0 Å². The molecule has 0 spiro atoms. The van der Waals surface area contributed by atoms with Gasteiger partial charge in [-0.3, -0.25) is 9.80 Å². The SMILES string of the molecule is CCC1(CF)CN2CCC(c3cccc(F)c3)N2C1=O. The molecule has 2 saturated heterocycles. The number of fused-ring (bicyclic) bond motifs is 1. The smallest absolute Gasteiger partial charge is 0.247 e. The minimum Gasteiger partial charge on any atom is -0.273 e. The second-order valence-electron chi connectivity index (χ2n) is 5.66. The van der Waals surface area contributed by atoms with E-state index in [0.29, 0.717) is 19.5 Å². The topological polar surface area (TPSA) is 23.6 Å². The van der Waals surface area contributed by atoms with E-state index in [-0.39, 0.29) is 17.8 Å². The average molecular weight is 280 g/mol. The number of halogens is 2. The molecule has 2 unspecified atom stereocenters. The Morgan fingerprint density at radius 1 is 1.45 bits per heavy atom. The van der Waals surface area contributed by atoms with E-state index in [9.17, 15) is 13.6 Å². The van der Waals surface area contributed by atoms with Crippen LogP contribution < -0.4 is 0 Å². The zero-order valence-electron chi connectivity index (χ0n) is 11.5. The van der Waals surface area contributed by atoms with Gasteiger partial charge in [0, 0.05) is 13.1 Å². The highest BCUT2D eigenvalue weighted by atomic mass is 19.1. The second kappa shape index (κ2) is 4.81. The van der Waals surface area contributed by atoms with Crippen molar-refractivity contribution in [3.8, 4) is 0 Å². The number of rotatable bonds is 3. The first-order chi connectivity index (χ1) is 9.61. The lowest BCUT2D eigenvalue weighted by atomic mass is 9.86. The van der Waals surface area contributed by atoms with E-state index in [1.807, 2.05) is 18.0 Å². The van der Waals surface area contributed by atoms with Crippen LogP contribution in [0.1, 0.15) is 31.4 Å². The molecule has 0 aromatic heterocycles. The highest BCUT2D eigenvalue weighted by Gasteiger charge is 2.54. The fourth-order valence-electron chi connectivity index (χ4n) is 3.26. The van der Waals surface area contributed by atoms with E-state index >= 15 is 0 Å². The Balaban J connectivity index is 1.92. The maximum atomic E-state index is 13.4. The van der Waals surface area contributed by atoms with E-state index in [0.717, 1.165) is 12.0 Å². The fraction of sp³-hybridized carbons (Fsp3) is 0.533. The Bertz CT molecular complexity index is 530. The van der Waals surface area contributed by atoms with Gasteiger partial charge in [-0.2, -0.15) is 0 Å². The van der Waals surface area contributed by atoms with Gasteiger partial charge in [-0.25, -0.2) is 13.8 Å². The maximum absolute atomic E-state index is 13.4. The zero-order chi connectivity index (χ0) is 14.3. The molecule has 20 heavy (non-hydrogen) atoms. The minimum atomic E-state index is -0.911. The first-order valence-corrected chi connectivity index (χ1v) is 7.01. The summed E-state index contributed by atoms with van der Waals surface area (Å²) in [6, 6.07) is 6.16. The summed E-state index contributed by atoms with van der Waals surface area (Å²) in [6.45, 7) is 2.36. The Hall–Kier alpha value is -1.49. The lowest BCUT2D eigenvalue weighted by Gasteiger charge is -2.26. The van der Waals surface area contributed by atoms with Crippen molar-refractivity contribution >= 4 is 5.91 Å². The minimum absolute atomic E-state index is 0.158. The number of hydrogen-bond acceptors (Lipinski definition) is 2. The van der Waals surface area contributed by atoms with E-state index < -0.39 is 12.1 Å². The van der Waals surface area contributed by atoms with Crippen LogP contribution in [0.15, 0.2) is 24.3 Å². The third-order valence-electron chi connectivity index (χ3n) is 4.57. The van der Waals surface area contributed by atoms with Crippen LogP contribution in [0.5, 0.6) is 0 Å². The number of carbonyl (C=O) groups excluding carboxylic acids is 1. The van der Waals surface area contributed by atoms with Crippen LogP contribution in [0.3, 0.4) is 0 Å². The third-order valence-corrected chi connectivity index (χ3v) is 4.57. The Morgan fingerprint density at radius 3 is 2.90 bits per heavy atom. The van der Waals surface area contributed by atoms with Crippen LogP contribution in [0, 0.1) is 11.2 Å². The van der Waals surface area contributed by atoms with E-state index in [1.165, 1.54) is 12.1 Å². The number of benzene rings is 1. The van der Waals surface area contributed by atoms with Gasteiger partial charge >= 0.3 is 0 Å². The van der Waals surface area contributed by atoms with Crippen molar-refractivity contribution in [3.63, 3.8) is 0 Å². The summed E-state index contributed by atoms with van der Waals surface area (Å²) in [4.78, 5) is 12.6. The standard InChI is InChI=1S/C15H18F2N2O/c1-2-15(9-16)10-18-7-6-13(19(18)14(15)20)11-4-3-5-12(17)8-11/h3-5,8,13H,2,6-7,9-10H2,1H3. The summed E-state index contributed by atoms with van der Waals surface area (Å²) in [5.74, 6) is -0.464. The summed E-state index contributed by atoms with van der Waals surface area (Å²) in [6.07, 6.45) is 1.26. The maximum Gasteiger partial charge on any atom is 0.247 e. The lowest BCUT2D eigenvalue weighted by molar-refractivity contribution is -0.143. The molecule has 1 aromatic carbocycles. The van der Waals surface area contributed by atoms with Crippen molar-refractivity contribution < 1.29 is 13.6 Å². The molecule has 2 aliphatic rings. The molecule has 0 saturated carbocycles. The average Bonchev–Trinajstić information content (AvgIpc) is 2.98. The van der Waals surface area contributed by atoms with Crippen molar-refractivity contribution in [2.45, 2.75) is 25.8 Å². The number of amides is 1. The molecule has 2 fully saturated rings. The van der Waals surface area contributed by atoms with Crippen LogP contribution in [-0.2, 0) is 4.79 Å². The van der Waals surface area contributed by atoms with Crippen molar-refractivity contribution in [2.24, 2.45) is 5.41 Å². The Morgan fingerprint density at radius 2 is 2.25 bits per heavy atom. The molecule has 5 heteroatoms. The van der Waals surface area contributed by atoms with Crippen LogP contribution in [0.2, 0.25) is 0 Å². The Kier molecular flexibility index (Phi) is 3.24. The molecule has 0 aliphatic carbocycles. The second-order valence-corrected chi connectivity index (χ2v) is 5.66. The van der Waals surface area contributed by atoms with Gasteiger partial charge in [0.2, 0.25) is 5.91 Å². The number of alkyl halides is 1. The van der Waals surface area contributed by atoms with Crippen molar-refractivity contribution in [2.75, 3.05) is 19.8 Å². The summed E-state index contributed by atoms with van der Waals surface area (Å²) in [5, 5.41) is 3.57. The molecule has 0 bridgehead atoms. The lowest BCUT2D eigenvalue weighted by Crippen LogP contribution is -2.38. The molecule has 0 radical (unpaired) electrons. The number of hydrogen-bond donors (Lipinski definition) is 0. The zero-order valence-corrected chi connectivity index (χ0v) is 11.5. The molecule has 3 rings (SSSR count). The van der Waals surface area contributed by atoms with Gasteiger partial charge in [0.25, 0.3) is 0 Å². The van der Waals surface area contributed by atoms with E-state index in [2.05, 4.69) is 0 Å². The highest BCUT2D eigenvalue weighted by molar-refractivity contribution is 5.85. The summed E-state index contributed by atoms with van der Waals surface area (Å²) >= 11 is 0. The van der Waals surface area contributed by atoms with Gasteiger partial charge in [-0.1, -0.05) is 19.1 Å². The van der Waals surface area contributed by atoms with Gasteiger partial charge < -0.3 is 0 Å². The quantitative estimate of drug-likeness (QED) is 0.850. The van der Waals surface area contributed by atoms with Crippen LogP contribution in [0.25, 0.3) is 0 Å². The van der Waals surface area contributed by atoms with Gasteiger partial charge in [0.1, 0.15) is 12.5 Å². The summed E-state index contributed by atoms with van der Waals surface area (Å²) in [7, 11) is 0. The van der Waals surface area contributed by atoms with E-state index in [4.69, 9.17) is 0 Å².